The van der Waals surface area contributed by atoms with Gasteiger partial charge in [0.05, 0.1) is 22.1 Å². The maximum atomic E-state index is 13.4. The Morgan fingerprint density at radius 3 is 2.21 bits per heavy atom. The normalized spacial score (nSPS) is 22.2. The minimum Gasteiger partial charge on any atom is -0.380 e. The van der Waals surface area contributed by atoms with Crippen LogP contribution in [0, 0.1) is 0 Å². The summed E-state index contributed by atoms with van der Waals surface area (Å²) in [6, 6.07) is 12.9. The molecule has 0 aromatic heterocycles. The van der Waals surface area contributed by atoms with Gasteiger partial charge < -0.3 is 4.74 Å². The van der Waals surface area contributed by atoms with Crippen molar-refractivity contribution >= 4 is 25.7 Å². The highest BCUT2D eigenvalue weighted by Gasteiger charge is 2.48. The summed E-state index contributed by atoms with van der Waals surface area (Å²) in [6.45, 7) is 1.43. The summed E-state index contributed by atoms with van der Waals surface area (Å²) < 4.78 is 59.3. The number of rotatable bonds is 4. The highest BCUT2D eigenvalue weighted by atomic mass is 32.2. The number of sulfonamides is 2. The molecule has 0 aliphatic carbocycles. The second-order valence-electron chi connectivity index (χ2n) is 7.37. The van der Waals surface area contributed by atoms with Gasteiger partial charge in [-0.15, -0.1) is 0 Å². The van der Waals surface area contributed by atoms with E-state index in [2.05, 4.69) is 0 Å². The van der Waals surface area contributed by atoms with Crippen LogP contribution in [0.15, 0.2) is 58.3 Å². The molecule has 2 aromatic rings. The molecule has 1 fully saturated rings. The maximum Gasteiger partial charge on any atom is 0.264 e. The molecular weight excluding hydrogens is 400 g/mol. The summed E-state index contributed by atoms with van der Waals surface area (Å²) >= 11 is 0. The maximum absolute atomic E-state index is 13.4. The van der Waals surface area contributed by atoms with Crippen LogP contribution in [-0.4, -0.2) is 55.0 Å². The molecule has 0 bridgehead atoms. The molecular formula is C19H22N2O5S2. The molecule has 0 amide bonds. The van der Waals surface area contributed by atoms with Crippen molar-refractivity contribution in [3.05, 3.63) is 54.1 Å². The molecule has 2 heterocycles. The van der Waals surface area contributed by atoms with Gasteiger partial charge in [0, 0.05) is 32.7 Å². The average molecular weight is 423 g/mol. The first kappa shape index (κ1) is 19.4. The van der Waals surface area contributed by atoms with Crippen molar-refractivity contribution < 1.29 is 21.6 Å². The summed E-state index contributed by atoms with van der Waals surface area (Å²) in [5.41, 5.74) is 1.33. The van der Waals surface area contributed by atoms with E-state index in [0.29, 0.717) is 25.4 Å². The fourth-order valence-electron chi connectivity index (χ4n) is 3.87. The zero-order valence-electron chi connectivity index (χ0n) is 15.7. The Morgan fingerprint density at radius 1 is 0.964 bits per heavy atom. The first-order chi connectivity index (χ1) is 13.2. The second-order valence-corrected chi connectivity index (χ2v) is 11.4. The average Bonchev–Trinajstić information content (AvgIpc) is 3.28. The Labute approximate surface area is 165 Å². The van der Waals surface area contributed by atoms with E-state index in [9.17, 15) is 16.8 Å². The number of hydrogen-bond donors (Lipinski definition) is 0. The monoisotopic (exact) mass is 422 g/mol. The van der Waals surface area contributed by atoms with E-state index < -0.39 is 20.0 Å². The van der Waals surface area contributed by atoms with Crippen LogP contribution < -0.4 is 4.31 Å². The van der Waals surface area contributed by atoms with E-state index in [1.54, 1.807) is 0 Å². The molecule has 150 valence electrons. The molecule has 1 spiro atoms. The first-order valence-electron chi connectivity index (χ1n) is 8.91. The van der Waals surface area contributed by atoms with E-state index in [4.69, 9.17) is 4.74 Å². The Balaban J connectivity index is 1.74. The highest BCUT2D eigenvalue weighted by molar-refractivity contribution is 7.93. The zero-order valence-corrected chi connectivity index (χ0v) is 17.3. The number of hydrogen-bond acceptors (Lipinski definition) is 5. The van der Waals surface area contributed by atoms with Gasteiger partial charge in [0.2, 0.25) is 10.0 Å². The Bertz CT molecular complexity index is 1100. The first-order valence-corrected chi connectivity index (χ1v) is 11.8. The summed E-state index contributed by atoms with van der Waals surface area (Å²) in [5, 5.41) is 0. The smallest absolute Gasteiger partial charge is 0.264 e. The van der Waals surface area contributed by atoms with Crippen LogP contribution >= 0.6 is 0 Å². The van der Waals surface area contributed by atoms with Crippen LogP contribution in [0.3, 0.4) is 0 Å². The molecule has 0 radical (unpaired) electrons. The van der Waals surface area contributed by atoms with E-state index in [-0.39, 0.29) is 15.2 Å². The predicted molar refractivity (Wildman–Crippen MR) is 105 cm³/mol. The van der Waals surface area contributed by atoms with Crippen LogP contribution in [0.2, 0.25) is 0 Å². The van der Waals surface area contributed by atoms with Gasteiger partial charge in [-0.25, -0.2) is 21.1 Å². The number of ether oxygens (including phenoxy) is 1. The van der Waals surface area contributed by atoms with E-state index in [1.165, 1.54) is 42.7 Å². The summed E-state index contributed by atoms with van der Waals surface area (Å²) in [4.78, 5) is 0.120. The number of benzene rings is 2. The van der Waals surface area contributed by atoms with Crippen molar-refractivity contribution in [2.75, 3.05) is 38.2 Å². The SMILES string of the molecule is CN(C)S(=O)(=O)c1ccc(S(=O)(=O)N2CC3(CCOC3)c3ccccc32)cc1. The Hall–Kier alpha value is -1.94. The number of fused-ring (bicyclic) bond motifs is 2. The molecule has 2 aliphatic rings. The standard InChI is InChI=1S/C19H22N2O5S2/c1-20(2)27(22,23)15-7-9-16(10-8-15)28(24,25)21-13-19(11-12-26-14-19)17-5-3-4-6-18(17)21/h3-10H,11-14H2,1-2H3. The quantitative estimate of drug-likeness (QED) is 0.750. The van der Waals surface area contributed by atoms with Crippen molar-refractivity contribution in [1.82, 2.24) is 4.31 Å². The molecule has 9 heteroatoms. The molecule has 28 heavy (non-hydrogen) atoms. The van der Waals surface area contributed by atoms with Crippen molar-refractivity contribution in [3.63, 3.8) is 0 Å². The van der Waals surface area contributed by atoms with Gasteiger partial charge in [-0.05, 0) is 42.3 Å². The summed E-state index contributed by atoms with van der Waals surface area (Å²) in [6.07, 6.45) is 0.774. The van der Waals surface area contributed by atoms with E-state index >= 15 is 0 Å². The summed E-state index contributed by atoms with van der Waals surface area (Å²) in [5.74, 6) is 0. The zero-order chi connectivity index (χ0) is 20.2. The molecule has 7 nitrogen and oxygen atoms in total. The number of anilines is 1. The second kappa shape index (κ2) is 6.55. The third-order valence-electron chi connectivity index (χ3n) is 5.48. The van der Waals surface area contributed by atoms with Crippen LogP contribution in [0.5, 0.6) is 0 Å². The van der Waals surface area contributed by atoms with Gasteiger partial charge in [0.25, 0.3) is 10.0 Å². The molecule has 4 rings (SSSR count). The highest BCUT2D eigenvalue weighted by Crippen LogP contribution is 2.47. The van der Waals surface area contributed by atoms with E-state index in [1.807, 2.05) is 24.3 Å². The van der Waals surface area contributed by atoms with Crippen molar-refractivity contribution in [3.8, 4) is 0 Å². The number of nitrogens with zero attached hydrogens (tertiary/aromatic N) is 2. The lowest BCUT2D eigenvalue weighted by molar-refractivity contribution is 0.180. The molecule has 2 aliphatic heterocycles. The Kier molecular flexibility index (Phi) is 4.53. The lowest BCUT2D eigenvalue weighted by Gasteiger charge is -2.24. The van der Waals surface area contributed by atoms with Crippen molar-refractivity contribution in [1.29, 1.82) is 0 Å². The lowest BCUT2D eigenvalue weighted by Crippen LogP contribution is -2.37. The summed E-state index contributed by atoms with van der Waals surface area (Å²) in [7, 11) is -4.58. The van der Waals surface area contributed by atoms with Gasteiger partial charge in [-0.3, -0.25) is 4.31 Å². The topological polar surface area (TPSA) is 84.0 Å². The van der Waals surface area contributed by atoms with Gasteiger partial charge in [0.1, 0.15) is 0 Å². The van der Waals surface area contributed by atoms with Crippen molar-refractivity contribution in [2.45, 2.75) is 21.6 Å². The fraction of sp³-hybridized carbons (Fsp3) is 0.368. The molecule has 1 saturated heterocycles. The third-order valence-corrected chi connectivity index (χ3v) is 9.09. The Morgan fingerprint density at radius 2 is 1.61 bits per heavy atom. The molecule has 2 aromatic carbocycles. The van der Waals surface area contributed by atoms with Crippen LogP contribution in [0.25, 0.3) is 0 Å². The number of para-hydroxylation sites is 1. The van der Waals surface area contributed by atoms with Crippen LogP contribution in [-0.2, 0) is 30.2 Å². The lowest BCUT2D eigenvalue weighted by atomic mass is 9.82. The van der Waals surface area contributed by atoms with Crippen LogP contribution in [0.1, 0.15) is 12.0 Å². The molecule has 1 unspecified atom stereocenters. The predicted octanol–water partition coefficient (Wildman–Crippen LogP) is 1.80. The minimum absolute atomic E-state index is 0.0546. The van der Waals surface area contributed by atoms with Crippen molar-refractivity contribution in [2.24, 2.45) is 0 Å². The van der Waals surface area contributed by atoms with Gasteiger partial charge in [-0.2, -0.15) is 0 Å². The molecule has 1 atom stereocenters. The molecule has 0 N–H and O–H groups in total. The van der Waals surface area contributed by atoms with Gasteiger partial charge >= 0.3 is 0 Å². The van der Waals surface area contributed by atoms with Gasteiger partial charge in [0.15, 0.2) is 0 Å². The minimum atomic E-state index is -3.83. The molecule has 0 saturated carbocycles. The van der Waals surface area contributed by atoms with Crippen LogP contribution in [0.4, 0.5) is 5.69 Å². The fourth-order valence-corrected chi connectivity index (χ4v) is 6.34. The van der Waals surface area contributed by atoms with Gasteiger partial charge in [-0.1, -0.05) is 18.2 Å². The van der Waals surface area contributed by atoms with E-state index in [0.717, 1.165) is 16.3 Å². The largest absolute Gasteiger partial charge is 0.380 e. The third kappa shape index (κ3) is 2.85.